The average molecular weight is 255 g/mol. The zero-order valence-corrected chi connectivity index (χ0v) is 11.5. The Bertz CT molecular complexity index is 362. The number of rotatable bonds is 6. The van der Waals surface area contributed by atoms with Crippen molar-refractivity contribution >= 4 is 17.2 Å². The highest BCUT2D eigenvalue weighted by molar-refractivity contribution is 7.09. The van der Waals surface area contributed by atoms with E-state index in [1.54, 1.807) is 5.38 Å². The zero-order chi connectivity index (χ0) is 12.8. The third kappa shape index (κ3) is 4.83. The van der Waals surface area contributed by atoms with Gasteiger partial charge in [0.05, 0.1) is 5.01 Å². The number of aromatic nitrogens is 1. The molecule has 0 bridgehead atoms. The van der Waals surface area contributed by atoms with E-state index in [0.29, 0.717) is 18.2 Å². The highest BCUT2D eigenvalue weighted by atomic mass is 32.1. The maximum atomic E-state index is 11.9. The van der Waals surface area contributed by atoms with Gasteiger partial charge in [0.15, 0.2) is 0 Å². The van der Waals surface area contributed by atoms with Crippen molar-refractivity contribution in [1.82, 2.24) is 10.3 Å². The lowest BCUT2D eigenvalue weighted by atomic mass is 10.1. The van der Waals surface area contributed by atoms with Crippen LogP contribution in [0, 0.1) is 5.92 Å². The van der Waals surface area contributed by atoms with Crippen molar-refractivity contribution < 1.29 is 4.79 Å². The highest BCUT2D eigenvalue weighted by Crippen LogP contribution is 2.11. The topological polar surface area (TPSA) is 68.0 Å². The minimum atomic E-state index is -0.0855. The fourth-order valence-electron chi connectivity index (χ4n) is 1.72. The predicted octanol–water partition coefficient (Wildman–Crippen LogP) is 1.81. The molecule has 0 fully saturated rings. The second-order valence-electron chi connectivity index (χ2n) is 4.67. The molecule has 0 saturated heterocycles. The number of thiazole rings is 1. The number of nitrogens with two attached hydrogens (primary N) is 1. The van der Waals surface area contributed by atoms with Gasteiger partial charge in [0.2, 0.25) is 0 Å². The summed E-state index contributed by atoms with van der Waals surface area (Å²) in [6.45, 7) is 6.87. The van der Waals surface area contributed by atoms with Crippen LogP contribution < -0.4 is 11.1 Å². The smallest absolute Gasteiger partial charge is 0.270 e. The lowest BCUT2D eigenvalue weighted by Crippen LogP contribution is -2.33. The van der Waals surface area contributed by atoms with E-state index < -0.39 is 0 Å². The van der Waals surface area contributed by atoms with Gasteiger partial charge in [-0.05, 0) is 25.8 Å². The Kier molecular flexibility index (Phi) is 5.58. The van der Waals surface area contributed by atoms with Crippen molar-refractivity contribution in [3.05, 3.63) is 16.1 Å². The fourth-order valence-corrected chi connectivity index (χ4v) is 2.51. The monoisotopic (exact) mass is 255 g/mol. The summed E-state index contributed by atoms with van der Waals surface area (Å²) >= 11 is 1.49. The summed E-state index contributed by atoms with van der Waals surface area (Å²) in [7, 11) is 0. The minimum absolute atomic E-state index is 0.0855. The summed E-state index contributed by atoms with van der Waals surface area (Å²) in [5.41, 5.74) is 5.96. The van der Waals surface area contributed by atoms with Gasteiger partial charge in [0, 0.05) is 17.8 Å². The maximum absolute atomic E-state index is 11.9. The largest absolute Gasteiger partial charge is 0.348 e. The number of nitrogens with zero attached hydrogens (tertiary/aromatic N) is 1. The fraction of sp³-hybridized carbons (Fsp3) is 0.667. The molecule has 0 radical (unpaired) electrons. The summed E-state index contributed by atoms with van der Waals surface area (Å²) in [6, 6.07) is 0.183. The molecule has 1 amide bonds. The molecule has 3 N–H and O–H groups in total. The van der Waals surface area contributed by atoms with Crippen LogP contribution in [-0.2, 0) is 6.42 Å². The molecule has 0 aliphatic rings. The molecule has 1 heterocycles. The molecular formula is C12H21N3OS. The first-order valence-corrected chi connectivity index (χ1v) is 6.86. The number of hydrogen-bond donors (Lipinski definition) is 2. The van der Waals surface area contributed by atoms with Crippen LogP contribution in [0.5, 0.6) is 0 Å². The standard InChI is InChI=1S/C12H21N3OS/c1-8(2)6-9(3)14-12(16)10-7-17-11(15-10)4-5-13/h7-9H,4-6,13H2,1-3H3,(H,14,16). The molecule has 5 heteroatoms. The third-order valence-corrected chi connectivity index (χ3v) is 3.25. The lowest BCUT2D eigenvalue weighted by Gasteiger charge is -2.14. The van der Waals surface area contributed by atoms with Gasteiger partial charge in [-0.15, -0.1) is 11.3 Å². The van der Waals surface area contributed by atoms with E-state index in [1.807, 2.05) is 6.92 Å². The van der Waals surface area contributed by atoms with Gasteiger partial charge in [-0.2, -0.15) is 0 Å². The summed E-state index contributed by atoms with van der Waals surface area (Å²) < 4.78 is 0. The van der Waals surface area contributed by atoms with Crippen LogP contribution in [-0.4, -0.2) is 23.5 Å². The molecule has 1 aromatic rings. The molecule has 0 aliphatic carbocycles. The molecule has 1 unspecified atom stereocenters. The number of carbonyl (C=O) groups is 1. The number of nitrogens with one attached hydrogen (secondary N) is 1. The Hall–Kier alpha value is -0.940. The van der Waals surface area contributed by atoms with E-state index in [-0.39, 0.29) is 11.9 Å². The van der Waals surface area contributed by atoms with E-state index in [4.69, 9.17) is 5.73 Å². The second-order valence-corrected chi connectivity index (χ2v) is 5.61. The van der Waals surface area contributed by atoms with Gasteiger partial charge in [-0.3, -0.25) is 4.79 Å². The maximum Gasteiger partial charge on any atom is 0.270 e. The Labute approximate surface area is 107 Å². The van der Waals surface area contributed by atoms with Crippen LogP contribution in [0.4, 0.5) is 0 Å². The van der Waals surface area contributed by atoms with E-state index in [9.17, 15) is 4.79 Å². The van der Waals surface area contributed by atoms with Crippen LogP contribution in [0.3, 0.4) is 0 Å². The summed E-state index contributed by atoms with van der Waals surface area (Å²) in [6.07, 6.45) is 1.71. The van der Waals surface area contributed by atoms with Crippen LogP contribution in [0.25, 0.3) is 0 Å². The number of carbonyl (C=O) groups excluding carboxylic acids is 1. The van der Waals surface area contributed by atoms with E-state index in [1.165, 1.54) is 11.3 Å². The van der Waals surface area contributed by atoms with Crippen molar-refractivity contribution in [2.24, 2.45) is 11.7 Å². The molecule has 1 atom stereocenters. The minimum Gasteiger partial charge on any atom is -0.348 e. The van der Waals surface area contributed by atoms with Crippen molar-refractivity contribution in [3.8, 4) is 0 Å². The number of amides is 1. The van der Waals surface area contributed by atoms with Crippen molar-refractivity contribution in [2.45, 2.75) is 39.7 Å². The van der Waals surface area contributed by atoms with Gasteiger partial charge >= 0.3 is 0 Å². The first-order chi connectivity index (χ1) is 8.02. The Balaban J connectivity index is 2.51. The Morgan fingerprint density at radius 1 is 1.53 bits per heavy atom. The molecule has 1 rings (SSSR count). The van der Waals surface area contributed by atoms with E-state index >= 15 is 0 Å². The lowest BCUT2D eigenvalue weighted by molar-refractivity contribution is 0.0931. The van der Waals surface area contributed by atoms with Crippen molar-refractivity contribution in [3.63, 3.8) is 0 Å². The molecule has 0 aromatic carbocycles. The molecule has 17 heavy (non-hydrogen) atoms. The molecule has 0 saturated carbocycles. The molecule has 1 aromatic heterocycles. The van der Waals surface area contributed by atoms with Crippen LogP contribution in [0.2, 0.25) is 0 Å². The van der Waals surface area contributed by atoms with Crippen LogP contribution >= 0.6 is 11.3 Å². The van der Waals surface area contributed by atoms with Gasteiger partial charge < -0.3 is 11.1 Å². The van der Waals surface area contributed by atoms with Gasteiger partial charge in [0.1, 0.15) is 5.69 Å². The summed E-state index contributed by atoms with van der Waals surface area (Å²) in [5.74, 6) is 0.492. The molecular weight excluding hydrogens is 234 g/mol. The first-order valence-electron chi connectivity index (χ1n) is 5.98. The summed E-state index contributed by atoms with van der Waals surface area (Å²) in [5, 5.41) is 5.68. The van der Waals surface area contributed by atoms with Gasteiger partial charge in [-0.1, -0.05) is 13.8 Å². The molecule has 4 nitrogen and oxygen atoms in total. The number of hydrogen-bond acceptors (Lipinski definition) is 4. The average Bonchev–Trinajstić information content (AvgIpc) is 2.65. The van der Waals surface area contributed by atoms with E-state index in [0.717, 1.165) is 17.8 Å². The quantitative estimate of drug-likeness (QED) is 0.814. The van der Waals surface area contributed by atoms with Crippen LogP contribution in [0.15, 0.2) is 5.38 Å². The normalized spacial score (nSPS) is 12.8. The summed E-state index contributed by atoms with van der Waals surface area (Å²) in [4.78, 5) is 16.1. The van der Waals surface area contributed by atoms with Crippen molar-refractivity contribution in [1.29, 1.82) is 0 Å². The van der Waals surface area contributed by atoms with E-state index in [2.05, 4.69) is 24.1 Å². The zero-order valence-electron chi connectivity index (χ0n) is 10.7. The predicted molar refractivity (Wildman–Crippen MR) is 71.3 cm³/mol. The molecule has 0 spiro atoms. The molecule has 96 valence electrons. The highest BCUT2D eigenvalue weighted by Gasteiger charge is 2.13. The molecule has 0 aliphatic heterocycles. The van der Waals surface area contributed by atoms with Gasteiger partial charge in [-0.25, -0.2) is 4.98 Å². The Morgan fingerprint density at radius 2 is 2.24 bits per heavy atom. The second kappa shape index (κ2) is 6.71. The van der Waals surface area contributed by atoms with Crippen LogP contribution in [0.1, 0.15) is 42.7 Å². The van der Waals surface area contributed by atoms with Crippen molar-refractivity contribution in [2.75, 3.05) is 6.54 Å². The Morgan fingerprint density at radius 3 is 2.82 bits per heavy atom. The first kappa shape index (κ1) is 14.1. The third-order valence-electron chi connectivity index (χ3n) is 2.35. The van der Waals surface area contributed by atoms with Gasteiger partial charge in [0.25, 0.3) is 5.91 Å². The SMILES string of the molecule is CC(C)CC(C)NC(=O)c1csc(CCN)n1.